The summed E-state index contributed by atoms with van der Waals surface area (Å²) in [6.45, 7) is 3.72. The molecule has 1 aliphatic rings. The van der Waals surface area contributed by atoms with E-state index in [1.807, 2.05) is 31.2 Å². The molecule has 6 heteroatoms. The van der Waals surface area contributed by atoms with Crippen LogP contribution in [0.4, 0.5) is 5.69 Å². The Labute approximate surface area is 140 Å². The number of hydrogen-bond donors (Lipinski definition) is 2. The average Bonchev–Trinajstić information content (AvgIpc) is 3.14. The zero-order valence-corrected chi connectivity index (χ0v) is 13.9. The summed E-state index contributed by atoms with van der Waals surface area (Å²) in [5.74, 6) is -0.960. The Bertz CT molecular complexity index is 789. The van der Waals surface area contributed by atoms with Crippen LogP contribution in [0.15, 0.2) is 30.5 Å². The maximum atomic E-state index is 12.5. The molecule has 2 N–H and O–H groups in total. The second-order valence-electron chi connectivity index (χ2n) is 6.63. The van der Waals surface area contributed by atoms with Gasteiger partial charge in [-0.05, 0) is 38.0 Å². The Kier molecular flexibility index (Phi) is 4.13. The summed E-state index contributed by atoms with van der Waals surface area (Å²) in [7, 11) is 0. The number of hydrogen-bond acceptors (Lipinski definition) is 3. The normalized spacial score (nSPS) is 16.1. The van der Waals surface area contributed by atoms with Gasteiger partial charge in [-0.25, -0.2) is 9.48 Å². The van der Waals surface area contributed by atoms with Crippen molar-refractivity contribution in [2.75, 3.05) is 5.32 Å². The van der Waals surface area contributed by atoms with Crippen LogP contribution < -0.4 is 5.32 Å². The third kappa shape index (κ3) is 2.91. The van der Waals surface area contributed by atoms with E-state index < -0.39 is 5.97 Å². The number of aromatic carboxylic acids is 1. The van der Waals surface area contributed by atoms with Gasteiger partial charge in [0.15, 0.2) is 0 Å². The van der Waals surface area contributed by atoms with Crippen molar-refractivity contribution in [1.29, 1.82) is 0 Å². The van der Waals surface area contributed by atoms with E-state index in [-0.39, 0.29) is 16.9 Å². The minimum absolute atomic E-state index is 0.0422. The van der Waals surface area contributed by atoms with Gasteiger partial charge in [0.05, 0.1) is 17.6 Å². The Balaban J connectivity index is 1.84. The van der Waals surface area contributed by atoms with Crippen molar-refractivity contribution < 1.29 is 14.7 Å². The van der Waals surface area contributed by atoms with Gasteiger partial charge in [-0.3, -0.25) is 4.79 Å². The molecule has 1 fully saturated rings. The van der Waals surface area contributed by atoms with Crippen LogP contribution in [0.2, 0.25) is 0 Å². The molecule has 2 aromatic rings. The van der Waals surface area contributed by atoms with Gasteiger partial charge in [0.25, 0.3) is 0 Å². The molecule has 1 amide bonds. The van der Waals surface area contributed by atoms with E-state index in [0.717, 1.165) is 31.4 Å². The first-order valence-corrected chi connectivity index (χ1v) is 8.10. The SMILES string of the molecule is Cc1c(C(=O)O)cnn1-c1cccc(NC(=O)C2(C)CCCC2)c1. The number of nitrogens with zero attached hydrogens (tertiary/aromatic N) is 2. The molecule has 0 atom stereocenters. The van der Waals surface area contributed by atoms with Crippen molar-refractivity contribution in [1.82, 2.24) is 9.78 Å². The topological polar surface area (TPSA) is 84.2 Å². The van der Waals surface area contributed by atoms with Crippen molar-refractivity contribution in [3.63, 3.8) is 0 Å². The molecule has 0 bridgehead atoms. The molecular weight excluding hydrogens is 306 g/mol. The van der Waals surface area contributed by atoms with E-state index in [4.69, 9.17) is 5.11 Å². The first kappa shape index (κ1) is 16.2. The molecule has 1 aromatic carbocycles. The van der Waals surface area contributed by atoms with Crippen LogP contribution in [0.3, 0.4) is 0 Å². The van der Waals surface area contributed by atoms with E-state index in [9.17, 15) is 9.59 Å². The standard InChI is InChI=1S/C18H21N3O3/c1-12-15(16(22)23)11-19-21(12)14-7-5-6-13(10-14)20-17(24)18(2)8-3-4-9-18/h5-7,10-11H,3-4,8-9H2,1-2H3,(H,20,24)(H,22,23). The first-order chi connectivity index (χ1) is 11.4. The largest absolute Gasteiger partial charge is 0.478 e. The molecule has 1 aliphatic carbocycles. The fourth-order valence-corrected chi connectivity index (χ4v) is 3.26. The number of carboxylic acid groups (broad SMARTS) is 1. The highest BCUT2D eigenvalue weighted by molar-refractivity contribution is 5.95. The smallest absolute Gasteiger partial charge is 0.339 e. The lowest BCUT2D eigenvalue weighted by Crippen LogP contribution is -2.30. The lowest BCUT2D eigenvalue weighted by molar-refractivity contribution is -0.124. The number of amides is 1. The molecule has 0 unspecified atom stereocenters. The highest BCUT2D eigenvalue weighted by Gasteiger charge is 2.36. The first-order valence-electron chi connectivity index (χ1n) is 8.10. The van der Waals surface area contributed by atoms with Crippen LogP contribution in [0.5, 0.6) is 0 Å². The van der Waals surface area contributed by atoms with Gasteiger partial charge in [-0.1, -0.05) is 25.8 Å². The summed E-state index contributed by atoms with van der Waals surface area (Å²) in [6, 6.07) is 7.29. The Hall–Kier alpha value is -2.63. The summed E-state index contributed by atoms with van der Waals surface area (Å²) in [4.78, 5) is 23.7. The molecule has 1 aromatic heterocycles. The molecule has 1 saturated carbocycles. The van der Waals surface area contributed by atoms with Crippen LogP contribution in [0.1, 0.15) is 48.7 Å². The van der Waals surface area contributed by atoms with E-state index >= 15 is 0 Å². The molecule has 24 heavy (non-hydrogen) atoms. The predicted octanol–water partition coefficient (Wildman–Crippen LogP) is 3.40. The maximum Gasteiger partial charge on any atom is 0.339 e. The average molecular weight is 327 g/mol. The van der Waals surface area contributed by atoms with E-state index in [0.29, 0.717) is 11.4 Å². The van der Waals surface area contributed by atoms with Crippen molar-refractivity contribution >= 4 is 17.6 Å². The second-order valence-corrected chi connectivity index (χ2v) is 6.63. The van der Waals surface area contributed by atoms with E-state index in [2.05, 4.69) is 10.4 Å². The summed E-state index contributed by atoms with van der Waals surface area (Å²) >= 11 is 0. The van der Waals surface area contributed by atoms with Gasteiger partial charge in [0.1, 0.15) is 5.56 Å². The van der Waals surface area contributed by atoms with Crippen molar-refractivity contribution in [3.05, 3.63) is 41.7 Å². The molecule has 1 heterocycles. The second kappa shape index (κ2) is 6.11. The highest BCUT2D eigenvalue weighted by Crippen LogP contribution is 2.38. The molecule has 0 aliphatic heterocycles. The lowest BCUT2D eigenvalue weighted by atomic mass is 9.88. The van der Waals surface area contributed by atoms with Crippen LogP contribution >= 0.6 is 0 Å². The van der Waals surface area contributed by atoms with Gasteiger partial charge in [-0.15, -0.1) is 0 Å². The molecule has 6 nitrogen and oxygen atoms in total. The van der Waals surface area contributed by atoms with Crippen LogP contribution in [-0.2, 0) is 4.79 Å². The maximum absolute atomic E-state index is 12.5. The highest BCUT2D eigenvalue weighted by atomic mass is 16.4. The number of rotatable bonds is 4. The monoisotopic (exact) mass is 327 g/mol. The van der Waals surface area contributed by atoms with E-state index in [1.165, 1.54) is 6.20 Å². The molecule has 0 radical (unpaired) electrons. The zero-order valence-electron chi connectivity index (χ0n) is 13.9. The number of nitrogens with one attached hydrogen (secondary N) is 1. The summed E-state index contributed by atoms with van der Waals surface area (Å²) in [5.41, 5.74) is 1.83. The molecular formula is C18H21N3O3. The third-order valence-electron chi connectivity index (χ3n) is 4.84. The Morgan fingerprint density at radius 3 is 2.62 bits per heavy atom. The van der Waals surface area contributed by atoms with Crippen LogP contribution in [0.25, 0.3) is 5.69 Å². The molecule has 3 rings (SSSR count). The summed E-state index contributed by atoms with van der Waals surface area (Å²) < 4.78 is 1.57. The Morgan fingerprint density at radius 1 is 1.29 bits per heavy atom. The lowest BCUT2D eigenvalue weighted by Gasteiger charge is -2.22. The van der Waals surface area contributed by atoms with Crippen molar-refractivity contribution in [3.8, 4) is 5.69 Å². The third-order valence-corrected chi connectivity index (χ3v) is 4.84. The van der Waals surface area contributed by atoms with Crippen LogP contribution in [0, 0.1) is 12.3 Å². The van der Waals surface area contributed by atoms with Crippen LogP contribution in [-0.4, -0.2) is 26.8 Å². The Morgan fingerprint density at radius 2 is 2.00 bits per heavy atom. The fourth-order valence-electron chi connectivity index (χ4n) is 3.26. The van der Waals surface area contributed by atoms with E-state index in [1.54, 1.807) is 11.6 Å². The minimum atomic E-state index is -1.00. The van der Waals surface area contributed by atoms with Gasteiger partial charge < -0.3 is 10.4 Å². The van der Waals surface area contributed by atoms with Gasteiger partial charge in [0.2, 0.25) is 5.91 Å². The summed E-state index contributed by atoms with van der Waals surface area (Å²) in [5, 5.41) is 16.3. The number of anilines is 1. The molecule has 0 spiro atoms. The number of carbonyl (C=O) groups is 2. The quantitative estimate of drug-likeness (QED) is 0.901. The number of carbonyl (C=O) groups excluding carboxylic acids is 1. The zero-order chi connectivity index (χ0) is 17.3. The van der Waals surface area contributed by atoms with Gasteiger partial charge in [-0.2, -0.15) is 5.10 Å². The number of aromatic nitrogens is 2. The fraction of sp³-hybridized carbons (Fsp3) is 0.389. The van der Waals surface area contributed by atoms with Gasteiger partial charge in [0, 0.05) is 11.1 Å². The van der Waals surface area contributed by atoms with Crippen molar-refractivity contribution in [2.45, 2.75) is 39.5 Å². The van der Waals surface area contributed by atoms with Crippen molar-refractivity contribution in [2.24, 2.45) is 5.41 Å². The molecule has 126 valence electrons. The summed E-state index contributed by atoms with van der Waals surface area (Å²) in [6.07, 6.45) is 5.35. The number of benzene rings is 1. The number of carboxylic acids is 1. The minimum Gasteiger partial charge on any atom is -0.478 e. The van der Waals surface area contributed by atoms with Gasteiger partial charge >= 0.3 is 5.97 Å². The predicted molar refractivity (Wildman–Crippen MR) is 90.5 cm³/mol. The molecule has 0 saturated heterocycles.